The van der Waals surface area contributed by atoms with Gasteiger partial charge in [-0.1, -0.05) is 34.1 Å². The van der Waals surface area contributed by atoms with E-state index in [9.17, 15) is 14.7 Å². The van der Waals surface area contributed by atoms with Crippen LogP contribution in [0.15, 0.2) is 76.9 Å². The van der Waals surface area contributed by atoms with Crippen molar-refractivity contribution in [3.05, 3.63) is 88.0 Å². The molecule has 1 saturated heterocycles. The highest BCUT2D eigenvalue weighted by Crippen LogP contribution is 2.42. The Morgan fingerprint density at radius 2 is 1.75 bits per heavy atom. The third kappa shape index (κ3) is 3.42. The topological polar surface area (TPSA) is 89.0 Å². The van der Waals surface area contributed by atoms with E-state index in [0.717, 1.165) is 4.47 Å². The lowest BCUT2D eigenvalue weighted by Gasteiger charge is -2.24. The van der Waals surface area contributed by atoms with Crippen molar-refractivity contribution < 1.29 is 24.2 Å². The minimum absolute atomic E-state index is 0.0142. The number of aliphatic hydroxyl groups is 1. The number of pyridine rings is 1. The lowest BCUT2D eigenvalue weighted by atomic mass is 9.95. The van der Waals surface area contributed by atoms with Gasteiger partial charge in [0.05, 0.1) is 11.6 Å². The van der Waals surface area contributed by atoms with E-state index in [1.807, 2.05) is 12.1 Å². The van der Waals surface area contributed by atoms with Gasteiger partial charge in [0.2, 0.25) is 0 Å². The number of hydrogen-bond donors (Lipinski definition) is 1. The molecule has 1 amide bonds. The Balaban J connectivity index is 1.69. The van der Waals surface area contributed by atoms with Crippen molar-refractivity contribution in [1.29, 1.82) is 0 Å². The van der Waals surface area contributed by atoms with Gasteiger partial charge in [-0.05, 0) is 48.0 Å². The van der Waals surface area contributed by atoms with Crippen LogP contribution in [-0.4, -0.2) is 35.0 Å². The Morgan fingerprint density at radius 3 is 2.47 bits per heavy atom. The number of hydrogen-bond acceptors (Lipinski definition) is 6. The predicted molar refractivity (Wildman–Crippen MR) is 121 cm³/mol. The number of rotatable bonds is 3. The normalized spacial score (nSPS) is 19.3. The van der Waals surface area contributed by atoms with Gasteiger partial charge in [0.1, 0.15) is 24.8 Å². The highest BCUT2D eigenvalue weighted by molar-refractivity contribution is 9.10. The molecule has 3 aromatic rings. The molecule has 0 saturated carbocycles. The number of halogens is 1. The molecule has 8 heteroatoms. The summed E-state index contributed by atoms with van der Waals surface area (Å²) >= 11 is 3.41. The largest absolute Gasteiger partial charge is 0.507 e. The molecule has 2 aromatic carbocycles. The SMILES string of the molecule is O=C1C(=O)N(c2ccccn2)C(c2ccc(Br)cc2)C1=C(O)c1ccc2c(c1)OCCO2. The van der Waals surface area contributed by atoms with Crippen molar-refractivity contribution in [3.63, 3.8) is 0 Å². The van der Waals surface area contributed by atoms with Crippen molar-refractivity contribution in [2.45, 2.75) is 6.04 Å². The molecule has 3 heterocycles. The van der Waals surface area contributed by atoms with Crippen LogP contribution in [-0.2, 0) is 9.59 Å². The second kappa shape index (κ2) is 8.12. The standard InChI is InChI=1S/C24H17BrN2O5/c25-16-7-4-14(5-8-16)21-20(23(29)24(30)27(21)19-3-1-2-10-26-19)22(28)15-6-9-17-18(13-15)32-12-11-31-17/h1-10,13,21,28H,11-12H2. The number of carbonyl (C=O) groups is 2. The van der Waals surface area contributed by atoms with Crippen LogP contribution in [0.3, 0.4) is 0 Å². The lowest BCUT2D eigenvalue weighted by molar-refractivity contribution is -0.132. The molecule has 5 rings (SSSR count). The van der Waals surface area contributed by atoms with Crippen LogP contribution < -0.4 is 14.4 Å². The Morgan fingerprint density at radius 1 is 1.00 bits per heavy atom. The molecule has 2 aliphatic rings. The van der Waals surface area contributed by atoms with Crippen LogP contribution in [0.5, 0.6) is 11.5 Å². The molecule has 32 heavy (non-hydrogen) atoms. The smallest absolute Gasteiger partial charge is 0.301 e. The number of aliphatic hydroxyl groups excluding tert-OH is 1. The van der Waals surface area contributed by atoms with Gasteiger partial charge in [-0.3, -0.25) is 14.5 Å². The van der Waals surface area contributed by atoms with Crippen molar-refractivity contribution in [2.75, 3.05) is 18.1 Å². The monoisotopic (exact) mass is 492 g/mol. The van der Waals surface area contributed by atoms with Gasteiger partial charge in [-0.15, -0.1) is 0 Å². The average molecular weight is 493 g/mol. The number of amides is 1. The van der Waals surface area contributed by atoms with E-state index >= 15 is 0 Å². The third-order valence-corrected chi connectivity index (χ3v) is 5.87. The number of fused-ring (bicyclic) bond motifs is 1. The first-order chi connectivity index (χ1) is 15.5. The highest BCUT2D eigenvalue weighted by Gasteiger charge is 2.47. The number of nitrogens with zero attached hydrogens (tertiary/aromatic N) is 2. The van der Waals surface area contributed by atoms with Crippen molar-refractivity contribution in [2.24, 2.45) is 0 Å². The molecule has 1 atom stereocenters. The summed E-state index contributed by atoms with van der Waals surface area (Å²) < 4.78 is 12.0. The zero-order valence-corrected chi connectivity index (χ0v) is 18.3. The zero-order chi connectivity index (χ0) is 22.2. The molecule has 160 valence electrons. The van der Waals surface area contributed by atoms with Gasteiger partial charge in [0.15, 0.2) is 11.5 Å². The summed E-state index contributed by atoms with van der Waals surface area (Å²) in [5.74, 6) is -0.465. The van der Waals surface area contributed by atoms with Gasteiger partial charge in [-0.25, -0.2) is 4.98 Å². The zero-order valence-electron chi connectivity index (χ0n) is 16.7. The van der Waals surface area contributed by atoms with Crippen molar-refractivity contribution >= 4 is 39.2 Å². The molecule has 1 N–H and O–H groups in total. The fourth-order valence-electron chi connectivity index (χ4n) is 3.87. The first-order valence-electron chi connectivity index (χ1n) is 9.92. The molecular weight excluding hydrogens is 476 g/mol. The summed E-state index contributed by atoms with van der Waals surface area (Å²) in [6, 6.07) is 16.4. The number of ether oxygens (including phenoxy) is 2. The summed E-state index contributed by atoms with van der Waals surface area (Å²) in [6.45, 7) is 0.831. The lowest BCUT2D eigenvalue weighted by Crippen LogP contribution is -2.30. The number of benzene rings is 2. The summed E-state index contributed by atoms with van der Waals surface area (Å²) in [5.41, 5.74) is 1.01. The quantitative estimate of drug-likeness (QED) is 0.334. The molecule has 0 radical (unpaired) electrons. The Bertz CT molecular complexity index is 1240. The molecular formula is C24H17BrN2O5. The Kier molecular flexibility index (Phi) is 5.14. The van der Waals surface area contributed by atoms with Gasteiger partial charge in [0.25, 0.3) is 5.78 Å². The number of carbonyl (C=O) groups excluding carboxylic acids is 2. The summed E-state index contributed by atoms with van der Waals surface area (Å²) in [5, 5.41) is 11.2. The maximum Gasteiger partial charge on any atom is 0.301 e. The Hall–Kier alpha value is -3.65. The second-order valence-electron chi connectivity index (χ2n) is 7.27. The van der Waals surface area contributed by atoms with Crippen LogP contribution >= 0.6 is 15.9 Å². The first-order valence-corrected chi connectivity index (χ1v) is 10.7. The summed E-state index contributed by atoms with van der Waals surface area (Å²) in [7, 11) is 0. The molecule has 1 fully saturated rings. The number of anilines is 1. The van der Waals surface area contributed by atoms with E-state index < -0.39 is 17.7 Å². The molecule has 0 aliphatic carbocycles. The van der Waals surface area contributed by atoms with E-state index in [4.69, 9.17) is 9.47 Å². The average Bonchev–Trinajstić information content (AvgIpc) is 3.09. The van der Waals surface area contributed by atoms with Crippen molar-refractivity contribution in [1.82, 2.24) is 4.98 Å². The number of Topliss-reactive ketones (excluding diaryl/α,β-unsaturated/α-hetero) is 1. The summed E-state index contributed by atoms with van der Waals surface area (Å²) in [4.78, 5) is 31.8. The third-order valence-electron chi connectivity index (χ3n) is 5.34. The highest BCUT2D eigenvalue weighted by atomic mass is 79.9. The molecule has 7 nitrogen and oxygen atoms in total. The molecule has 2 aliphatic heterocycles. The minimum Gasteiger partial charge on any atom is -0.507 e. The van der Waals surface area contributed by atoms with Crippen molar-refractivity contribution in [3.8, 4) is 11.5 Å². The van der Waals surface area contributed by atoms with Crippen LogP contribution in [0.1, 0.15) is 17.2 Å². The summed E-state index contributed by atoms with van der Waals surface area (Å²) in [6.07, 6.45) is 1.55. The Labute approximate surface area is 192 Å². The molecule has 1 unspecified atom stereocenters. The van der Waals surface area contributed by atoms with Crippen LogP contribution in [0, 0.1) is 0 Å². The van der Waals surface area contributed by atoms with Gasteiger partial charge in [0, 0.05) is 16.2 Å². The van der Waals surface area contributed by atoms with Gasteiger partial charge < -0.3 is 14.6 Å². The van der Waals surface area contributed by atoms with Crippen LogP contribution in [0.2, 0.25) is 0 Å². The van der Waals surface area contributed by atoms with E-state index in [1.165, 1.54) is 4.90 Å². The first kappa shape index (κ1) is 20.3. The van der Waals surface area contributed by atoms with E-state index in [-0.39, 0.29) is 11.3 Å². The van der Waals surface area contributed by atoms with Crippen LogP contribution in [0.25, 0.3) is 5.76 Å². The maximum absolute atomic E-state index is 13.1. The van der Waals surface area contributed by atoms with E-state index in [0.29, 0.717) is 41.7 Å². The number of aromatic nitrogens is 1. The molecule has 0 spiro atoms. The van der Waals surface area contributed by atoms with Gasteiger partial charge in [-0.2, -0.15) is 0 Å². The second-order valence-corrected chi connectivity index (χ2v) is 8.18. The van der Waals surface area contributed by atoms with Gasteiger partial charge >= 0.3 is 5.91 Å². The fraction of sp³-hybridized carbons (Fsp3) is 0.125. The van der Waals surface area contributed by atoms with E-state index in [2.05, 4.69) is 20.9 Å². The number of ketones is 1. The minimum atomic E-state index is -0.841. The molecule has 1 aromatic heterocycles. The maximum atomic E-state index is 13.1. The predicted octanol–water partition coefficient (Wildman–Crippen LogP) is 4.24. The van der Waals surface area contributed by atoms with E-state index in [1.54, 1.807) is 54.7 Å². The molecule has 0 bridgehead atoms. The fourth-order valence-corrected chi connectivity index (χ4v) is 4.14. The van der Waals surface area contributed by atoms with Crippen LogP contribution in [0.4, 0.5) is 5.82 Å².